The third-order valence-corrected chi connectivity index (χ3v) is 2.60. The van der Waals surface area contributed by atoms with Gasteiger partial charge in [0.2, 0.25) is 5.78 Å². The summed E-state index contributed by atoms with van der Waals surface area (Å²) >= 11 is 0. The third-order valence-electron chi connectivity index (χ3n) is 2.60. The number of carbonyl (C=O) groups is 3. The fourth-order valence-corrected chi connectivity index (χ4v) is 1.85. The van der Waals surface area contributed by atoms with Gasteiger partial charge in [0, 0.05) is 25.6 Å². The number of rotatable bonds is 3. The Kier molecular flexibility index (Phi) is 3.06. The van der Waals surface area contributed by atoms with Crippen LogP contribution in [0.4, 0.5) is 5.69 Å². The quantitative estimate of drug-likeness (QED) is 0.460. The highest BCUT2D eigenvalue weighted by Crippen LogP contribution is 2.39. The minimum Gasteiger partial charge on any atom is -0.426 e. The zero-order valence-electron chi connectivity index (χ0n) is 9.97. The minimum atomic E-state index is -0.756. The topological polar surface area (TPSA) is 72.8 Å². The van der Waals surface area contributed by atoms with E-state index in [-0.39, 0.29) is 5.75 Å². The molecule has 0 saturated heterocycles. The molecule has 1 heterocycles. The maximum absolute atomic E-state index is 11.8. The van der Waals surface area contributed by atoms with Crippen LogP contribution in [-0.4, -0.2) is 23.8 Å². The largest absolute Gasteiger partial charge is 0.426 e. The zero-order chi connectivity index (χ0) is 13.3. The summed E-state index contributed by atoms with van der Waals surface area (Å²) in [6.07, 6.45) is 1.40. The van der Waals surface area contributed by atoms with Gasteiger partial charge in [0.25, 0.3) is 0 Å². The molecule has 1 aromatic rings. The van der Waals surface area contributed by atoms with E-state index in [1.54, 1.807) is 18.2 Å². The predicted molar refractivity (Wildman–Crippen MR) is 64.3 cm³/mol. The molecular formula is C13H11NO4. The molecule has 2 rings (SSSR count). The van der Waals surface area contributed by atoms with Gasteiger partial charge in [0.05, 0.1) is 11.6 Å². The second kappa shape index (κ2) is 4.52. The van der Waals surface area contributed by atoms with Crippen LogP contribution in [0.3, 0.4) is 0 Å². The number of hydrogen-bond acceptors (Lipinski definition) is 5. The highest BCUT2D eigenvalue weighted by atomic mass is 16.5. The maximum Gasteiger partial charge on any atom is 0.308 e. The molecular weight excluding hydrogens is 234 g/mol. The van der Waals surface area contributed by atoms with Crippen LogP contribution in [0.15, 0.2) is 23.2 Å². The second-order valence-electron chi connectivity index (χ2n) is 3.96. The van der Waals surface area contributed by atoms with Crippen molar-refractivity contribution in [2.75, 3.05) is 0 Å². The molecule has 92 valence electrons. The van der Waals surface area contributed by atoms with E-state index in [0.717, 1.165) is 0 Å². The van der Waals surface area contributed by atoms with E-state index in [1.165, 1.54) is 20.1 Å². The van der Waals surface area contributed by atoms with Crippen LogP contribution in [0.25, 0.3) is 0 Å². The summed E-state index contributed by atoms with van der Waals surface area (Å²) in [6, 6.07) is 4.96. The van der Waals surface area contributed by atoms with Crippen LogP contribution in [0.1, 0.15) is 25.3 Å². The third kappa shape index (κ3) is 2.07. The summed E-state index contributed by atoms with van der Waals surface area (Å²) in [6.45, 7) is 2.49. The van der Waals surface area contributed by atoms with E-state index in [4.69, 9.17) is 4.74 Å². The Morgan fingerprint density at radius 2 is 1.94 bits per heavy atom. The van der Waals surface area contributed by atoms with Crippen molar-refractivity contribution >= 4 is 29.4 Å². The van der Waals surface area contributed by atoms with Crippen LogP contribution < -0.4 is 4.74 Å². The standard InChI is InChI=1S/C13H11NO4/c1-7(15)13(17)9-6-14-10-4-3-5-11(12(9)10)18-8(2)16/h3-6,9H,1-2H3. The smallest absolute Gasteiger partial charge is 0.308 e. The Labute approximate surface area is 103 Å². The Hall–Kier alpha value is -2.30. The lowest BCUT2D eigenvalue weighted by atomic mass is 9.94. The molecule has 18 heavy (non-hydrogen) atoms. The van der Waals surface area contributed by atoms with Crippen molar-refractivity contribution in [1.82, 2.24) is 0 Å². The number of benzene rings is 1. The molecule has 0 bridgehead atoms. The minimum absolute atomic E-state index is 0.275. The van der Waals surface area contributed by atoms with Gasteiger partial charge in [0.1, 0.15) is 5.75 Å². The average molecular weight is 245 g/mol. The number of aliphatic imine (C=N–C) groups is 1. The number of Topliss-reactive ketones (excluding diaryl/α,β-unsaturated/α-hetero) is 2. The van der Waals surface area contributed by atoms with E-state index in [9.17, 15) is 14.4 Å². The monoisotopic (exact) mass is 245 g/mol. The fraction of sp³-hybridized carbons (Fsp3) is 0.231. The molecule has 1 atom stereocenters. The number of ether oxygens (including phenoxy) is 1. The number of fused-ring (bicyclic) bond motifs is 1. The van der Waals surface area contributed by atoms with Crippen molar-refractivity contribution in [2.45, 2.75) is 19.8 Å². The van der Waals surface area contributed by atoms with Crippen molar-refractivity contribution in [3.05, 3.63) is 23.8 Å². The molecule has 0 aliphatic carbocycles. The molecule has 0 aromatic heterocycles. The molecule has 0 spiro atoms. The maximum atomic E-state index is 11.8. The highest BCUT2D eigenvalue weighted by Gasteiger charge is 2.31. The van der Waals surface area contributed by atoms with E-state index >= 15 is 0 Å². The van der Waals surface area contributed by atoms with Crippen LogP contribution in [0, 0.1) is 0 Å². The van der Waals surface area contributed by atoms with Crippen molar-refractivity contribution in [2.24, 2.45) is 4.99 Å². The second-order valence-corrected chi connectivity index (χ2v) is 3.96. The average Bonchev–Trinajstić information content (AvgIpc) is 2.72. The van der Waals surface area contributed by atoms with Gasteiger partial charge in [-0.3, -0.25) is 19.4 Å². The van der Waals surface area contributed by atoms with E-state index in [1.807, 2.05) is 0 Å². The Morgan fingerprint density at radius 1 is 1.22 bits per heavy atom. The molecule has 5 nitrogen and oxygen atoms in total. The van der Waals surface area contributed by atoms with Crippen molar-refractivity contribution in [3.63, 3.8) is 0 Å². The lowest BCUT2D eigenvalue weighted by Crippen LogP contribution is -2.20. The number of carbonyl (C=O) groups excluding carboxylic acids is 3. The number of nitrogens with zero attached hydrogens (tertiary/aromatic N) is 1. The summed E-state index contributed by atoms with van der Waals surface area (Å²) in [5.74, 6) is -2.07. The molecule has 0 saturated carbocycles. The number of hydrogen-bond donors (Lipinski definition) is 0. The van der Waals surface area contributed by atoms with Gasteiger partial charge in [-0.25, -0.2) is 0 Å². The molecule has 1 aliphatic heterocycles. The Morgan fingerprint density at radius 3 is 2.56 bits per heavy atom. The summed E-state index contributed by atoms with van der Waals surface area (Å²) in [5.41, 5.74) is 1.03. The van der Waals surface area contributed by atoms with Crippen LogP contribution in [-0.2, 0) is 14.4 Å². The van der Waals surface area contributed by atoms with Gasteiger partial charge in [-0.05, 0) is 12.1 Å². The van der Waals surface area contributed by atoms with Gasteiger partial charge in [-0.15, -0.1) is 0 Å². The van der Waals surface area contributed by atoms with Gasteiger partial charge in [0.15, 0.2) is 5.78 Å². The number of esters is 1. The first-order chi connectivity index (χ1) is 8.50. The first-order valence-electron chi connectivity index (χ1n) is 5.41. The van der Waals surface area contributed by atoms with Gasteiger partial charge in [-0.2, -0.15) is 0 Å². The number of ketones is 2. The molecule has 0 N–H and O–H groups in total. The molecule has 1 aliphatic rings. The van der Waals surface area contributed by atoms with Crippen LogP contribution >= 0.6 is 0 Å². The van der Waals surface area contributed by atoms with Crippen LogP contribution in [0.2, 0.25) is 0 Å². The van der Waals surface area contributed by atoms with E-state index < -0.39 is 23.5 Å². The van der Waals surface area contributed by atoms with Crippen molar-refractivity contribution < 1.29 is 19.1 Å². The summed E-state index contributed by atoms with van der Waals surface area (Å²) in [5, 5.41) is 0. The van der Waals surface area contributed by atoms with Gasteiger partial charge < -0.3 is 4.74 Å². The lowest BCUT2D eigenvalue weighted by molar-refractivity contribution is -0.135. The molecule has 1 unspecified atom stereocenters. The van der Waals surface area contributed by atoms with Gasteiger partial charge >= 0.3 is 5.97 Å². The first-order valence-corrected chi connectivity index (χ1v) is 5.41. The van der Waals surface area contributed by atoms with E-state index in [0.29, 0.717) is 11.3 Å². The van der Waals surface area contributed by atoms with E-state index in [2.05, 4.69) is 4.99 Å². The van der Waals surface area contributed by atoms with Crippen molar-refractivity contribution in [1.29, 1.82) is 0 Å². The SMILES string of the molecule is CC(=O)Oc1cccc2c1C(C(=O)C(C)=O)C=N2. The van der Waals surface area contributed by atoms with Crippen LogP contribution in [0.5, 0.6) is 5.75 Å². The summed E-state index contributed by atoms with van der Waals surface area (Å²) in [7, 11) is 0. The van der Waals surface area contributed by atoms with Crippen molar-refractivity contribution in [3.8, 4) is 5.75 Å². The molecule has 0 amide bonds. The normalized spacial score (nSPS) is 16.2. The molecule has 0 radical (unpaired) electrons. The summed E-state index contributed by atoms with van der Waals surface area (Å²) < 4.78 is 5.03. The zero-order valence-corrected chi connectivity index (χ0v) is 9.97. The predicted octanol–water partition coefficient (Wildman–Crippen LogP) is 1.57. The molecule has 5 heteroatoms. The van der Waals surface area contributed by atoms with Gasteiger partial charge in [-0.1, -0.05) is 6.07 Å². The summed E-state index contributed by atoms with van der Waals surface area (Å²) in [4.78, 5) is 38.0. The molecule has 1 aromatic carbocycles. The Balaban J connectivity index is 2.46. The first kappa shape index (κ1) is 12.2. The molecule has 0 fully saturated rings. The fourth-order valence-electron chi connectivity index (χ4n) is 1.85. The lowest BCUT2D eigenvalue weighted by Gasteiger charge is -2.11. The Bertz CT molecular complexity index is 574. The highest BCUT2D eigenvalue weighted by molar-refractivity contribution is 6.42.